The number of carboxylic acid groups (broad SMARTS) is 1. The molecule has 2 aromatic rings. The Morgan fingerprint density at radius 3 is 2.96 bits per heavy atom. The number of halogens is 1. The predicted molar refractivity (Wildman–Crippen MR) is 88.2 cm³/mol. The standard InChI is InChI=1S/C17H17FN2O3S/c18-12-5-3-4-11(8-12)16-19-13(10-24-16)9-15(21)20-7-2-1-6-14(20)17(22)23/h3-5,8,10,14H,1-2,6-7,9H2,(H,22,23)/t14-/m1/s1. The molecule has 2 heterocycles. The van der Waals surface area contributed by atoms with Crippen LogP contribution in [0.2, 0.25) is 0 Å². The number of likely N-dealkylation sites (tertiary alicyclic amines) is 1. The highest BCUT2D eigenvalue weighted by Crippen LogP contribution is 2.25. The molecule has 0 unspecified atom stereocenters. The first-order valence-electron chi connectivity index (χ1n) is 7.77. The molecule has 1 N–H and O–H groups in total. The van der Waals surface area contributed by atoms with Gasteiger partial charge in [-0.25, -0.2) is 14.2 Å². The zero-order chi connectivity index (χ0) is 17.1. The number of hydrogen-bond acceptors (Lipinski definition) is 4. The van der Waals surface area contributed by atoms with Crippen LogP contribution < -0.4 is 0 Å². The molecule has 1 aliphatic heterocycles. The number of thiazole rings is 1. The van der Waals surface area contributed by atoms with E-state index >= 15 is 0 Å². The first-order chi connectivity index (χ1) is 11.5. The second kappa shape index (κ2) is 7.09. The number of rotatable bonds is 4. The van der Waals surface area contributed by atoms with Crippen LogP contribution >= 0.6 is 11.3 Å². The van der Waals surface area contributed by atoms with E-state index in [0.29, 0.717) is 29.2 Å². The molecule has 0 aliphatic carbocycles. The summed E-state index contributed by atoms with van der Waals surface area (Å²) in [6.07, 6.45) is 2.20. The number of carbonyl (C=O) groups excluding carboxylic acids is 1. The van der Waals surface area contributed by atoms with E-state index in [4.69, 9.17) is 0 Å². The Morgan fingerprint density at radius 1 is 1.38 bits per heavy atom. The number of aliphatic carboxylic acids is 1. The van der Waals surface area contributed by atoms with Crippen LogP contribution in [0.15, 0.2) is 29.6 Å². The largest absolute Gasteiger partial charge is 0.480 e. The molecular weight excluding hydrogens is 331 g/mol. The number of amides is 1. The molecule has 1 amide bonds. The van der Waals surface area contributed by atoms with Crippen LogP contribution in [0.3, 0.4) is 0 Å². The van der Waals surface area contributed by atoms with Crippen LogP contribution in [0.4, 0.5) is 4.39 Å². The van der Waals surface area contributed by atoms with Crippen molar-refractivity contribution in [2.24, 2.45) is 0 Å². The number of nitrogens with zero attached hydrogens (tertiary/aromatic N) is 2. The second-order valence-electron chi connectivity index (χ2n) is 5.77. The Bertz CT molecular complexity index is 762. The van der Waals surface area contributed by atoms with Crippen LogP contribution in [0, 0.1) is 5.82 Å². The maximum Gasteiger partial charge on any atom is 0.326 e. The van der Waals surface area contributed by atoms with E-state index < -0.39 is 12.0 Å². The SMILES string of the molecule is O=C(O)[C@H]1CCCCN1C(=O)Cc1csc(-c2cccc(F)c2)n1. The Hall–Kier alpha value is -2.28. The number of aromatic nitrogens is 1. The maximum absolute atomic E-state index is 13.3. The van der Waals surface area contributed by atoms with E-state index in [1.807, 2.05) is 0 Å². The van der Waals surface area contributed by atoms with Gasteiger partial charge < -0.3 is 10.0 Å². The fourth-order valence-electron chi connectivity index (χ4n) is 2.89. The summed E-state index contributed by atoms with van der Waals surface area (Å²) in [5, 5.41) is 11.7. The van der Waals surface area contributed by atoms with Crippen molar-refractivity contribution in [2.45, 2.75) is 31.7 Å². The van der Waals surface area contributed by atoms with E-state index in [0.717, 1.165) is 12.8 Å². The van der Waals surface area contributed by atoms with Crippen LogP contribution in [-0.2, 0) is 16.0 Å². The summed E-state index contributed by atoms with van der Waals surface area (Å²) >= 11 is 1.34. The smallest absolute Gasteiger partial charge is 0.326 e. The van der Waals surface area contributed by atoms with Crippen molar-refractivity contribution in [1.29, 1.82) is 0 Å². The third-order valence-corrected chi connectivity index (χ3v) is 5.00. The van der Waals surface area contributed by atoms with Crippen LogP contribution in [-0.4, -0.2) is 39.5 Å². The second-order valence-corrected chi connectivity index (χ2v) is 6.63. The zero-order valence-corrected chi connectivity index (χ0v) is 13.8. The number of benzene rings is 1. The van der Waals surface area contributed by atoms with Crippen molar-refractivity contribution in [3.63, 3.8) is 0 Å². The van der Waals surface area contributed by atoms with Gasteiger partial charge in [0.2, 0.25) is 5.91 Å². The van der Waals surface area contributed by atoms with Crippen molar-refractivity contribution in [1.82, 2.24) is 9.88 Å². The number of piperidine rings is 1. The molecule has 0 spiro atoms. The topological polar surface area (TPSA) is 70.5 Å². The minimum Gasteiger partial charge on any atom is -0.480 e. The molecule has 3 rings (SSSR count). The molecule has 1 fully saturated rings. The molecule has 126 valence electrons. The first-order valence-corrected chi connectivity index (χ1v) is 8.65. The molecule has 1 atom stereocenters. The summed E-state index contributed by atoms with van der Waals surface area (Å²) in [6.45, 7) is 0.469. The van der Waals surface area contributed by atoms with E-state index in [1.165, 1.54) is 28.4 Å². The van der Waals surface area contributed by atoms with E-state index in [9.17, 15) is 19.1 Å². The van der Waals surface area contributed by atoms with Crippen LogP contribution in [0.1, 0.15) is 25.0 Å². The third-order valence-electron chi connectivity index (χ3n) is 4.06. The molecule has 24 heavy (non-hydrogen) atoms. The van der Waals surface area contributed by atoms with Crippen molar-refractivity contribution < 1.29 is 19.1 Å². The molecule has 1 aromatic heterocycles. The quantitative estimate of drug-likeness (QED) is 0.922. The fourth-order valence-corrected chi connectivity index (χ4v) is 3.70. The van der Waals surface area contributed by atoms with Crippen LogP contribution in [0.25, 0.3) is 10.6 Å². The van der Waals surface area contributed by atoms with Gasteiger partial charge in [0, 0.05) is 17.5 Å². The minimum absolute atomic E-state index is 0.0651. The molecule has 0 bridgehead atoms. The van der Waals surface area contributed by atoms with Crippen molar-refractivity contribution in [3.05, 3.63) is 41.2 Å². The van der Waals surface area contributed by atoms with Gasteiger partial charge >= 0.3 is 5.97 Å². The van der Waals surface area contributed by atoms with Crippen molar-refractivity contribution in [3.8, 4) is 10.6 Å². The molecule has 7 heteroatoms. The van der Waals surface area contributed by atoms with Gasteiger partial charge in [0.15, 0.2) is 0 Å². The molecule has 1 saturated heterocycles. The van der Waals surface area contributed by atoms with Gasteiger partial charge in [-0.15, -0.1) is 11.3 Å². The lowest BCUT2D eigenvalue weighted by Gasteiger charge is -2.32. The fraction of sp³-hybridized carbons (Fsp3) is 0.353. The van der Waals surface area contributed by atoms with Crippen LogP contribution in [0.5, 0.6) is 0 Å². The van der Waals surface area contributed by atoms with Gasteiger partial charge in [-0.3, -0.25) is 4.79 Å². The summed E-state index contributed by atoms with van der Waals surface area (Å²) in [7, 11) is 0. The van der Waals surface area contributed by atoms with Gasteiger partial charge in [-0.1, -0.05) is 12.1 Å². The van der Waals surface area contributed by atoms with Gasteiger partial charge in [-0.2, -0.15) is 0 Å². The summed E-state index contributed by atoms with van der Waals surface area (Å²) in [5.41, 5.74) is 1.25. The third kappa shape index (κ3) is 3.62. The molecule has 5 nitrogen and oxygen atoms in total. The first kappa shape index (κ1) is 16.6. The average molecular weight is 348 g/mol. The van der Waals surface area contributed by atoms with Gasteiger partial charge in [0.05, 0.1) is 12.1 Å². The zero-order valence-electron chi connectivity index (χ0n) is 12.9. The van der Waals surface area contributed by atoms with E-state index in [2.05, 4.69) is 4.98 Å². The van der Waals surface area contributed by atoms with E-state index in [1.54, 1.807) is 17.5 Å². The van der Waals surface area contributed by atoms with Crippen molar-refractivity contribution >= 4 is 23.2 Å². The van der Waals surface area contributed by atoms with Gasteiger partial charge in [-0.05, 0) is 31.4 Å². The highest BCUT2D eigenvalue weighted by atomic mass is 32.1. The summed E-state index contributed by atoms with van der Waals surface area (Å²) in [4.78, 5) is 29.6. The molecule has 1 aromatic carbocycles. The maximum atomic E-state index is 13.3. The Morgan fingerprint density at radius 2 is 2.21 bits per heavy atom. The minimum atomic E-state index is -0.957. The Kier molecular flexibility index (Phi) is 4.89. The summed E-state index contributed by atoms with van der Waals surface area (Å²) in [5.74, 6) is -1.52. The number of carbonyl (C=O) groups is 2. The van der Waals surface area contributed by atoms with Gasteiger partial charge in [0.1, 0.15) is 16.9 Å². The van der Waals surface area contributed by atoms with E-state index in [-0.39, 0.29) is 18.1 Å². The molecule has 0 saturated carbocycles. The average Bonchev–Trinajstić information content (AvgIpc) is 3.03. The number of carboxylic acids is 1. The summed E-state index contributed by atoms with van der Waals surface area (Å²) < 4.78 is 13.3. The molecular formula is C17H17FN2O3S. The Labute approximate surface area is 142 Å². The lowest BCUT2D eigenvalue weighted by atomic mass is 10.0. The van der Waals surface area contributed by atoms with Gasteiger partial charge in [0.25, 0.3) is 0 Å². The predicted octanol–water partition coefficient (Wildman–Crippen LogP) is 2.96. The number of hydrogen-bond donors (Lipinski definition) is 1. The highest BCUT2D eigenvalue weighted by Gasteiger charge is 2.32. The highest BCUT2D eigenvalue weighted by molar-refractivity contribution is 7.13. The lowest BCUT2D eigenvalue weighted by Crippen LogP contribution is -2.48. The Balaban J connectivity index is 1.72. The normalized spacial score (nSPS) is 17.7. The molecule has 0 radical (unpaired) electrons. The molecule has 1 aliphatic rings. The lowest BCUT2D eigenvalue weighted by molar-refractivity contribution is -0.151. The monoisotopic (exact) mass is 348 g/mol. The van der Waals surface area contributed by atoms with Crippen molar-refractivity contribution in [2.75, 3.05) is 6.54 Å². The summed E-state index contributed by atoms with van der Waals surface area (Å²) in [6, 6.07) is 5.40.